The maximum atomic E-state index is 15.0. The highest BCUT2D eigenvalue weighted by atomic mass is 35.5. The molecule has 0 bridgehead atoms. The van der Waals surface area contributed by atoms with Gasteiger partial charge in [0, 0.05) is 43.4 Å². The van der Waals surface area contributed by atoms with Crippen LogP contribution in [0.1, 0.15) is 32.6 Å². The van der Waals surface area contributed by atoms with Gasteiger partial charge >= 0.3 is 5.97 Å². The highest BCUT2D eigenvalue weighted by Gasteiger charge is 2.27. The van der Waals surface area contributed by atoms with Gasteiger partial charge in [0.25, 0.3) is 11.1 Å². The number of phenols is 1. The Labute approximate surface area is 385 Å². The van der Waals surface area contributed by atoms with Crippen LogP contribution in [-0.4, -0.2) is 43.0 Å². The summed E-state index contributed by atoms with van der Waals surface area (Å²) in [6.45, 7) is 7.66. The van der Waals surface area contributed by atoms with Gasteiger partial charge in [0.2, 0.25) is 0 Å². The molecule has 0 fully saturated rings. The van der Waals surface area contributed by atoms with Gasteiger partial charge in [0.05, 0.1) is 21.2 Å². The molecule has 6 aromatic rings. The molecule has 0 spiro atoms. The second kappa shape index (κ2) is 20.3. The number of carbonyl (C=O) groups excluding carboxylic acids is 1. The number of esters is 1. The van der Waals surface area contributed by atoms with Crippen LogP contribution >= 0.6 is 46.4 Å². The van der Waals surface area contributed by atoms with Crippen molar-refractivity contribution in [3.63, 3.8) is 0 Å². The molecule has 4 heterocycles. The van der Waals surface area contributed by atoms with Gasteiger partial charge in [0.1, 0.15) is 46.7 Å². The van der Waals surface area contributed by atoms with Crippen molar-refractivity contribution in [2.75, 3.05) is 13.2 Å². The van der Waals surface area contributed by atoms with Gasteiger partial charge in [-0.25, -0.2) is 22.9 Å². The lowest BCUT2D eigenvalue weighted by molar-refractivity contribution is -0.136. The maximum absolute atomic E-state index is 15.0. The number of phenolic OH excluding ortho intramolecular Hbond substituents is 1. The molecule has 2 aliphatic rings. The van der Waals surface area contributed by atoms with Crippen LogP contribution in [0.2, 0.25) is 20.4 Å². The van der Waals surface area contributed by atoms with Gasteiger partial charge in [0.15, 0.2) is 23.0 Å². The van der Waals surface area contributed by atoms with Crippen LogP contribution in [0.5, 0.6) is 34.5 Å². The Morgan fingerprint density at radius 1 is 0.688 bits per heavy atom. The topological polar surface area (TPSA) is 128 Å². The van der Waals surface area contributed by atoms with Crippen molar-refractivity contribution >= 4 is 52.4 Å². The molecule has 2 aliphatic heterocycles. The van der Waals surface area contributed by atoms with E-state index in [9.17, 15) is 23.9 Å². The Morgan fingerprint density at radius 2 is 1.14 bits per heavy atom. The van der Waals surface area contributed by atoms with Gasteiger partial charge in [-0.1, -0.05) is 83.3 Å². The third-order valence-corrected chi connectivity index (χ3v) is 11.6. The Balaban J connectivity index is 0.000000201. The van der Waals surface area contributed by atoms with Gasteiger partial charge in [-0.05, 0) is 86.7 Å². The molecule has 1 N–H and O–H groups in total. The number of aromatic hydroxyl groups is 1. The number of halogens is 6. The lowest BCUT2D eigenvalue weighted by Gasteiger charge is -2.17. The Bertz CT molecular complexity index is 2900. The van der Waals surface area contributed by atoms with E-state index in [-0.39, 0.29) is 89.9 Å². The summed E-state index contributed by atoms with van der Waals surface area (Å²) in [7, 11) is 0. The molecule has 18 heteroatoms. The van der Waals surface area contributed by atoms with Crippen molar-refractivity contribution in [2.24, 2.45) is 0 Å². The normalized spacial score (nSPS) is 13.3. The van der Waals surface area contributed by atoms with Crippen LogP contribution in [0.15, 0.2) is 107 Å². The number of nitrogens with zero attached hydrogens (tertiary/aromatic N) is 4. The summed E-state index contributed by atoms with van der Waals surface area (Å²) in [6, 6.07) is 18.0. The van der Waals surface area contributed by atoms with Crippen LogP contribution in [0.3, 0.4) is 0 Å². The summed E-state index contributed by atoms with van der Waals surface area (Å²) in [5, 5.41) is 10.3. The van der Waals surface area contributed by atoms with Crippen molar-refractivity contribution in [3.8, 4) is 56.8 Å². The lowest BCUT2D eigenvalue weighted by Crippen LogP contribution is -2.27. The van der Waals surface area contributed by atoms with Crippen molar-refractivity contribution in [1.82, 2.24) is 18.7 Å². The standard InChI is InChI=1S/C27H25Cl2FN2O5.C19H15Cl2FN2O3/c1-3-12-35-24(33)13-17(2)16-36-21-8-4-5-9-22(21)37-23-14-18(20(30)15-19(23)28)25-26(29)31-10-6-7-11-32(31)27(25)34;20-12-10-13(22)11(9-16(12)27-15-6-2-1-5-14(15)25)17-18(21)23-7-3-4-8-24(23)19(17)26/h3-5,8-9,13-15H,1,6-7,10-12,16H2,2H3;1-2,5-6,9-10,25H,3-4,7-8H2/b17-13-;. The number of ether oxygens (including phenoxy) is 4. The number of rotatable bonds is 12. The van der Waals surface area contributed by atoms with E-state index < -0.39 is 17.6 Å². The van der Waals surface area contributed by atoms with Crippen LogP contribution in [0, 0.1) is 11.6 Å². The van der Waals surface area contributed by atoms with Crippen molar-refractivity contribution in [3.05, 3.63) is 150 Å². The predicted octanol–water partition coefficient (Wildman–Crippen LogP) is 11.5. The first-order valence-electron chi connectivity index (χ1n) is 20.0. The quantitative estimate of drug-likeness (QED) is 0.0730. The number of fused-ring (bicyclic) bond motifs is 2. The number of carbonyl (C=O) groups is 1. The number of hydrogen-bond acceptors (Lipinski definition) is 8. The monoisotopic (exact) mass is 954 g/mol. The summed E-state index contributed by atoms with van der Waals surface area (Å²) in [5.74, 6) is -0.873. The van der Waals surface area contributed by atoms with Crippen LogP contribution < -0.4 is 25.3 Å². The Hall–Kier alpha value is -5.93. The largest absolute Gasteiger partial charge is 0.504 e. The van der Waals surface area contributed by atoms with E-state index in [0.29, 0.717) is 43.3 Å². The van der Waals surface area contributed by atoms with Crippen molar-refractivity contribution in [2.45, 2.75) is 58.8 Å². The molecule has 0 aliphatic carbocycles. The summed E-state index contributed by atoms with van der Waals surface area (Å²) in [6.07, 6.45) is 6.30. The summed E-state index contributed by atoms with van der Waals surface area (Å²) >= 11 is 25.3. The van der Waals surface area contributed by atoms with Gasteiger partial charge < -0.3 is 24.1 Å². The molecule has 0 saturated heterocycles. The van der Waals surface area contributed by atoms with Crippen LogP contribution in [-0.2, 0) is 35.7 Å². The zero-order chi connectivity index (χ0) is 45.7. The van der Waals surface area contributed by atoms with E-state index in [0.717, 1.165) is 37.8 Å². The first-order valence-corrected chi connectivity index (χ1v) is 21.6. The minimum absolute atomic E-state index is 0.000913. The van der Waals surface area contributed by atoms with E-state index in [1.54, 1.807) is 58.8 Å². The summed E-state index contributed by atoms with van der Waals surface area (Å²) in [5.41, 5.74) is 0.0574. The highest BCUT2D eigenvalue weighted by molar-refractivity contribution is 6.34. The Morgan fingerprint density at radius 3 is 1.62 bits per heavy atom. The molecule has 64 heavy (non-hydrogen) atoms. The summed E-state index contributed by atoms with van der Waals surface area (Å²) < 4.78 is 58.5. The fourth-order valence-electron chi connectivity index (χ4n) is 7.15. The van der Waals surface area contributed by atoms with Crippen molar-refractivity contribution in [1.29, 1.82) is 0 Å². The molecule has 0 amide bonds. The number of para-hydroxylation sites is 4. The molecule has 2 aromatic heterocycles. The fraction of sp³-hybridized carbons (Fsp3) is 0.239. The number of benzene rings is 4. The van der Waals surface area contributed by atoms with E-state index >= 15 is 4.39 Å². The Kier molecular flexibility index (Phi) is 14.6. The third kappa shape index (κ3) is 9.90. The average molecular weight is 957 g/mol. The molecular formula is C46H40Cl4F2N4O8. The van der Waals surface area contributed by atoms with Crippen LogP contribution in [0.4, 0.5) is 8.78 Å². The maximum Gasteiger partial charge on any atom is 0.331 e. The molecule has 0 saturated carbocycles. The minimum Gasteiger partial charge on any atom is -0.504 e. The zero-order valence-corrected chi connectivity index (χ0v) is 37.2. The molecule has 4 aromatic carbocycles. The van der Waals surface area contributed by atoms with Gasteiger partial charge in [-0.15, -0.1) is 0 Å². The lowest BCUT2D eigenvalue weighted by atomic mass is 10.1. The fourth-order valence-corrected chi connectivity index (χ4v) is 8.25. The van der Waals surface area contributed by atoms with Gasteiger partial charge in [-0.3, -0.25) is 19.0 Å². The molecule has 0 radical (unpaired) electrons. The SMILES string of the molecule is C=CCOC(=O)/C=C(/C)COc1ccccc1Oc1cc(-c2c(Cl)n3n(c2=O)CCCC3)c(F)cc1Cl.O=c1c(-c2cc(Oc3ccccc3O)c(Cl)cc2F)c(Cl)n2n1CCCC2. The number of aromatic nitrogens is 4. The molecule has 0 atom stereocenters. The smallest absolute Gasteiger partial charge is 0.331 e. The highest BCUT2D eigenvalue weighted by Crippen LogP contribution is 2.41. The minimum atomic E-state index is -0.687. The second-order valence-corrected chi connectivity index (χ2v) is 16.2. The van der Waals surface area contributed by atoms with Gasteiger partial charge in [-0.2, -0.15) is 0 Å². The molecule has 12 nitrogen and oxygen atoms in total. The molecule has 0 unspecified atom stereocenters. The van der Waals surface area contributed by atoms with E-state index in [2.05, 4.69) is 6.58 Å². The predicted molar refractivity (Wildman–Crippen MR) is 242 cm³/mol. The first kappa shape index (κ1) is 46.1. The van der Waals surface area contributed by atoms with Crippen molar-refractivity contribution < 1.29 is 37.6 Å². The van der Waals surface area contributed by atoms with E-state index in [1.807, 2.05) is 0 Å². The second-order valence-electron chi connectivity index (χ2n) is 14.7. The number of hydrogen-bond donors (Lipinski definition) is 1. The average Bonchev–Trinajstić information content (AvgIpc) is 3.69. The zero-order valence-electron chi connectivity index (χ0n) is 34.2. The molecular weight excluding hydrogens is 916 g/mol. The summed E-state index contributed by atoms with van der Waals surface area (Å²) in [4.78, 5) is 37.6. The van der Waals surface area contributed by atoms with Crippen LogP contribution in [0.25, 0.3) is 22.3 Å². The first-order chi connectivity index (χ1) is 30.8. The van der Waals surface area contributed by atoms with E-state index in [4.69, 9.17) is 65.4 Å². The molecule has 8 rings (SSSR count). The molecule has 334 valence electrons. The van der Waals surface area contributed by atoms with E-state index in [1.165, 1.54) is 39.7 Å². The third-order valence-electron chi connectivity index (χ3n) is 10.2.